The van der Waals surface area contributed by atoms with Crippen molar-refractivity contribution in [3.05, 3.63) is 15.6 Å². The molecule has 1 fully saturated rings. The van der Waals surface area contributed by atoms with Gasteiger partial charge in [0.15, 0.2) is 0 Å². The zero-order valence-corrected chi connectivity index (χ0v) is 12.2. The molecular formula is C14H21N3OS. The van der Waals surface area contributed by atoms with Gasteiger partial charge < -0.3 is 10.6 Å². The van der Waals surface area contributed by atoms with E-state index in [1.807, 2.05) is 4.90 Å². The van der Waals surface area contributed by atoms with Crippen molar-refractivity contribution in [3.63, 3.8) is 0 Å². The van der Waals surface area contributed by atoms with Crippen molar-refractivity contribution >= 4 is 17.2 Å². The highest BCUT2D eigenvalue weighted by molar-refractivity contribution is 7.11. The molecule has 1 aliphatic heterocycles. The van der Waals surface area contributed by atoms with Crippen LogP contribution >= 0.6 is 11.3 Å². The zero-order chi connectivity index (χ0) is 13.4. The number of thiazole rings is 1. The maximum absolute atomic E-state index is 12.0. The first-order chi connectivity index (χ1) is 9.19. The molecule has 2 heterocycles. The lowest BCUT2D eigenvalue weighted by Gasteiger charge is -2.22. The van der Waals surface area contributed by atoms with Crippen molar-refractivity contribution in [1.82, 2.24) is 9.88 Å². The maximum Gasteiger partial charge on any atom is 0.223 e. The maximum atomic E-state index is 12.0. The minimum atomic E-state index is 0.111. The van der Waals surface area contributed by atoms with Gasteiger partial charge in [-0.15, -0.1) is 11.3 Å². The molecule has 0 aromatic carbocycles. The topological polar surface area (TPSA) is 59.2 Å². The van der Waals surface area contributed by atoms with Gasteiger partial charge in [0.05, 0.1) is 11.7 Å². The molecule has 5 heteroatoms. The standard InChI is InChI=1S/C14H21N3OS/c1-9(17-8-10(7-15)6-13(17)18)14-16-11-4-2-3-5-12(11)19-14/h9-10H,2-8,15H2,1H3. The predicted molar refractivity (Wildman–Crippen MR) is 76.0 cm³/mol. The van der Waals surface area contributed by atoms with Gasteiger partial charge in [-0.25, -0.2) is 4.98 Å². The zero-order valence-electron chi connectivity index (χ0n) is 11.4. The quantitative estimate of drug-likeness (QED) is 0.919. The van der Waals surface area contributed by atoms with Crippen molar-refractivity contribution in [2.24, 2.45) is 11.7 Å². The number of hydrogen-bond acceptors (Lipinski definition) is 4. The number of fused-ring (bicyclic) bond motifs is 1. The Labute approximate surface area is 118 Å². The van der Waals surface area contributed by atoms with Crippen LogP contribution in [-0.2, 0) is 17.6 Å². The molecule has 0 spiro atoms. The Morgan fingerprint density at radius 3 is 2.95 bits per heavy atom. The van der Waals surface area contributed by atoms with Crippen LogP contribution in [0.5, 0.6) is 0 Å². The van der Waals surface area contributed by atoms with E-state index in [4.69, 9.17) is 10.7 Å². The van der Waals surface area contributed by atoms with Crippen molar-refractivity contribution in [2.75, 3.05) is 13.1 Å². The third kappa shape index (κ3) is 2.41. The first-order valence-electron chi connectivity index (χ1n) is 7.17. The number of amides is 1. The summed E-state index contributed by atoms with van der Waals surface area (Å²) in [7, 11) is 0. The van der Waals surface area contributed by atoms with Crippen LogP contribution in [0.1, 0.15) is 47.8 Å². The van der Waals surface area contributed by atoms with Gasteiger partial charge in [-0.3, -0.25) is 4.79 Å². The summed E-state index contributed by atoms with van der Waals surface area (Å²) < 4.78 is 0. The lowest BCUT2D eigenvalue weighted by atomic mass is 10.0. The number of nitrogens with two attached hydrogens (primary N) is 1. The highest BCUT2D eigenvalue weighted by Crippen LogP contribution is 2.34. The van der Waals surface area contributed by atoms with E-state index in [0.29, 0.717) is 18.9 Å². The van der Waals surface area contributed by atoms with Crippen LogP contribution < -0.4 is 5.73 Å². The third-order valence-electron chi connectivity index (χ3n) is 4.26. The summed E-state index contributed by atoms with van der Waals surface area (Å²) in [6, 6.07) is 0.111. The molecule has 0 radical (unpaired) electrons. The SMILES string of the molecule is CC(c1nc2c(s1)CCCC2)N1CC(CN)CC1=O. The van der Waals surface area contributed by atoms with Gasteiger partial charge in [0.25, 0.3) is 0 Å². The van der Waals surface area contributed by atoms with E-state index in [9.17, 15) is 4.79 Å². The molecule has 2 atom stereocenters. The molecule has 2 aliphatic rings. The van der Waals surface area contributed by atoms with Gasteiger partial charge in [0.2, 0.25) is 5.91 Å². The van der Waals surface area contributed by atoms with Gasteiger partial charge in [-0.05, 0) is 45.1 Å². The third-order valence-corrected chi connectivity index (χ3v) is 5.59. The minimum Gasteiger partial charge on any atom is -0.333 e. The van der Waals surface area contributed by atoms with Crippen LogP contribution in [0.25, 0.3) is 0 Å². The van der Waals surface area contributed by atoms with Crippen LogP contribution in [0, 0.1) is 5.92 Å². The molecule has 1 aromatic heterocycles. The lowest BCUT2D eigenvalue weighted by Crippen LogP contribution is -2.29. The molecule has 1 aliphatic carbocycles. The molecule has 1 aromatic rings. The summed E-state index contributed by atoms with van der Waals surface area (Å²) >= 11 is 1.80. The second-order valence-corrected chi connectivity index (χ2v) is 6.77. The number of carbonyl (C=O) groups is 1. The summed E-state index contributed by atoms with van der Waals surface area (Å²) in [5.74, 6) is 0.556. The van der Waals surface area contributed by atoms with Gasteiger partial charge in [0.1, 0.15) is 5.01 Å². The number of rotatable bonds is 3. The molecule has 4 nitrogen and oxygen atoms in total. The van der Waals surface area contributed by atoms with Gasteiger partial charge in [0, 0.05) is 17.8 Å². The molecule has 2 unspecified atom stereocenters. The van der Waals surface area contributed by atoms with Gasteiger partial charge in [-0.1, -0.05) is 0 Å². The minimum absolute atomic E-state index is 0.111. The molecule has 19 heavy (non-hydrogen) atoms. The molecular weight excluding hydrogens is 258 g/mol. The fraction of sp³-hybridized carbons (Fsp3) is 0.714. The van der Waals surface area contributed by atoms with Crippen LogP contribution in [-0.4, -0.2) is 28.9 Å². The van der Waals surface area contributed by atoms with Crippen molar-refractivity contribution in [1.29, 1.82) is 0 Å². The van der Waals surface area contributed by atoms with E-state index in [1.165, 1.54) is 29.8 Å². The van der Waals surface area contributed by atoms with E-state index in [2.05, 4.69) is 6.92 Å². The lowest BCUT2D eigenvalue weighted by molar-refractivity contribution is -0.129. The Morgan fingerprint density at radius 2 is 2.26 bits per heavy atom. The van der Waals surface area contributed by atoms with E-state index in [0.717, 1.165) is 18.0 Å². The highest BCUT2D eigenvalue weighted by Gasteiger charge is 2.34. The largest absolute Gasteiger partial charge is 0.333 e. The number of aromatic nitrogens is 1. The Kier molecular flexibility index (Phi) is 3.58. The molecule has 0 saturated carbocycles. The number of hydrogen-bond donors (Lipinski definition) is 1. The van der Waals surface area contributed by atoms with Crippen LogP contribution in [0.3, 0.4) is 0 Å². The molecule has 0 bridgehead atoms. The number of aryl methyl sites for hydroxylation is 2. The van der Waals surface area contributed by atoms with Gasteiger partial charge in [-0.2, -0.15) is 0 Å². The Balaban J connectivity index is 1.78. The highest BCUT2D eigenvalue weighted by atomic mass is 32.1. The summed E-state index contributed by atoms with van der Waals surface area (Å²) in [6.45, 7) is 3.49. The fourth-order valence-electron chi connectivity index (χ4n) is 3.02. The first kappa shape index (κ1) is 13.1. The average molecular weight is 279 g/mol. The second kappa shape index (κ2) is 5.21. The molecule has 104 valence electrons. The van der Waals surface area contributed by atoms with E-state index in [-0.39, 0.29) is 11.9 Å². The van der Waals surface area contributed by atoms with Crippen LogP contribution in [0.4, 0.5) is 0 Å². The van der Waals surface area contributed by atoms with Crippen molar-refractivity contribution < 1.29 is 4.79 Å². The van der Waals surface area contributed by atoms with Gasteiger partial charge >= 0.3 is 0 Å². The smallest absolute Gasteiger partial charge is 0.223 e. The first-order valence-corrected chi connectivity index (χ1v) is 7.98. The number of carbonyl (C=O) groups excluding carboxylic acids is 1. The summed E-state index contributed by atoms with van der Waals surface area (Å²) in [6.07, 6.45) is 5.41. The average Bonchev–Trinajstić information content (AvgIpc) is 3.01. The van der Waals surface area contributed by atoms with Crippen LogP contribution in [0.2, 0.25) is 0 Å². The number of nitrogens with zero attached hydrogens (tertiary/aromatic N) is 2. The Bertz CT molecular complexity index is 462. The van der Waals surface area contributed by atoms with E-state index in [1.54, 1.807) is 11.3 Å². The van der Waals surface area contributed by atoms with Crippen molar-refractivity contribution in [3.8, 4) is 0 Å². The molecule has 3 rings (SSSR count). The Morgan fingerprint density at radius 1 is 1.47 bits per heavy atom. The van der Waals surface area contributed by atoms with Crippen molar-refractivity contribution in [2.45, 2.75) is 45.1 Å². The monoisotopic (exact) mass is 279 g/mol. The summed E-state index contributed by atoms with van der Waals surface area (Å²) in [5, 5.41) is 1.11. The Hall–Kier alpha value is -0.940. The normalized spacial score (nSPS) is 24.6. The summed E-state index contributed by atoms with van der Waals surface area (Å²) in [4.78, 5) is 20.2. The predicted octanol–water partition coefficient (Wildman–Crippen LogP) is 1.89. The fourth-order valence-corrected chi connectivity index (χ4v) is 4.24. The molecule has 1 saturated heterocycles. The number of likely N-dealkylation sites (tertiary alicyclic amines) is 1. The van der Waals surface area contributed by atoms with E-state index < -0.39 is 0 Å². The molecule has 2 N–H and O–H groups in total. The molecule has 1 amide bonds. The van der Waals surface area contributed by atoms with E-state index >= 15 is 0 Å². The second-order valence-electron chi connectivity index (χ2n) is 5.66. The van der Waals surface area contributed by atoms with Crippen LogP contribution in [0.15, 0.2) is 0 Å². The summed E-state index contributed by atoms with van der Waals surface area (Å²) in [5.41, 5.74) is 6.96.